The van der Waals surface area contributed by atoms with Gasteiger partial charge in [-0.3, -0.25) is 0 Å². The second-order valence-electron chi connectivity index (χ2n) is 6.81. The van der Waals surface area contributed by atoms with Crippen LogP contribution in [0.4, 0.5) is 10.1 Å². The Labute approximate surface area is 168 Å². The summed E-state index contributed by atoms with van der Waals surface area (Å²) in [6, 6.07) is 22.1. The van der Waals surface area contributed by atoms with Crippen LogP contribution in [0.2, 0.25) is 0 Å². The standard InChI is InChI=1S/C24H22FN3O/c1-2-26-15-16-8-11-19(12-9-16)27-23(17-6-4-3-5-7-17)22-20-13-10-18(25)14-21(20)28-24(22)29/h3-14,26,28-29H,2,15H2,1H3. The molecule has 0 spiro atoms. The number of nitrogens with zero attached hydrogens (tertiary/aromatic N) is 1. The minimum absolute atomic E-state index is 0.0306. The molecule has 29 heavy (non-hydrogen) atoms. The summed E-state index contributed by atoms with van der Waals surface area (Å²) in [6.07, 6.45) is 0. The molecule has 0 bridgehead atoms. The van der Waals surface area contributed by atoms with Gasteiger partial charge < -0.3 is 15.4 Å². The maximum absolute atomic E-state index is 13.6. The molecule has 146 valence electrons. The highest BCUT2D eigenvalue weighted by Gasteiger charge is 2.18. The van der Waals surface area contributed by atoms with Crippen molar-refractivity contribution in [3.05, 3.63) is 95.3 Å². The van der Waals surface area contributed by atoms with Crippen LogP contribution < -0.4 is 5.32 Å². The largest absolute Gasteiger partial charge is 0.494 e. The number of halogens is 1. The van der Waals surface area contributed by atoms with Crippen LogP contribution in [-0.2, 0) is 6.54 Å². The Morgan fingerprint density at radius 3 is 2.52 bits per heavy atom. The van der Waals surface area contributed by atoms with Crippen molar-refractivity contribution in [1.29, 1.82) is 0 Å². The summed E-state index contributed by atoms with van der Waals surface area (Å²) in [4.78, 5) is 7.71. The Morgan fingerprint density at radius 2 is 1.79 bits per heavy atom. The summed E-state index contributed by atoms with van der Waals surface area (Å²) >= 11 is 0. The van der Waals surface area contributed by atoms with Gasteiger partial charge in [0, 0.05) is 17.5 Å². The van der Waals surface area contributed by atoms with E-state index in [4.69, 9.17) is 4.99 Å². The molecule has 3 N–H and O–H groups in total. The zero-order valence-electron chi connectivity index (χ0n) is 16.1. The lowest BCUT2D eigenvalue weighted by Gasteiger charge is -2.08. The summed E-state index contributed by atoms with van der Waals surface area (Å²) in [5, 5.41) is 14.6. The Balaban J connectivity index is 1.84. The van der Waals surface area contributed by atoms with Gasteiger partial charge in [0.05, 0.1) is 22.5 Å². The van der Waals surface area contributed by atoms with Crippen molar-refractivity contribution >= 4 is 22.3 Å². The zero-order chi connectivity index (χ0) is 20.2. The third-order valence-electron chi connectivity index (χ3n) is 4.78. The molecule has 0 aliphatic rings. The number of benzene rings is 3. The van der Waals surface area contributed by atoms with E-state index in [0.29, 0.717) is 16.8 Å². The average molecular weight is 387 g/mol. The van der Waals surface area contributed by atoms with Gasteiger partial charge in [-0.05, 0) is 42.4 Å². The summed E-state index contributed by atoms with van der Waals surface area (Å²) < 4.78 is 13.6. The molecule has 1 aromatic heterocycles. The summed E-state index contributed by atoms with van der Waals surface area (Å²) in [5.41, 5.74) is 4.53. The first-order chi connectivity index (χ1) is 14.2. The van der Waals surface area contributed by atoms with Crippen molar-refractivity contribution in [2.24, 2.45) is 4.99 Å². The molecule has 0 aliphatic carbocycles. The maximum Gasteiger partial charge on any atom is 0.199 e. The van der Waals surface area contributed by atoms with Crippen LogP contribution in [0, 0.1) is 5.82 Å². The number of H-pyrrole nitrogens is 1. The molecule has 4 aromatic rings. The van der Waals surface area contributed by atoms with Gasteiger partial charge >= 0.3 is 0 Å². The molecule has 0 fully saturated rings. The number of hydrogen-bond donors (Lipinski definition) is 3. The first-order valence-electron chi connectivity index (χ1n) is 9.60. The molecule has 0 aliphatic heterocycles. The van der Waals surface area contributed by atoms with Gasteiger partial charge in [0.1, 0.15) is 5.82 Å². The number of nitrogens with one attached hydrogen (secondary N) is 2. The number of aromatic amines is 1. The zero-order valence-corrected chi connectivity index (χ0v) is 16.1. The molecular weight excluding hydrogens is 365 g/mol. The second-order valence-corrected chi connectivity index (χ2v) is 6.81. The van der Waals surface area contributed by atoms with Gasteiger partial charge in [-0.2, -0.15) is 0 Å². The van der Waals surface area contributed by atoms with E-state index in [1.165, 1.54) is 17.7 Å². The number of aromatic hydroxyl groups is 1. The third kappa shape index (κ3) is 4.05. The molecule has 5 heteroatoms. The highest BCUT2D eigenvalue weighted by Crippen LogP contribution is 2.31. The number of aliphatic imine (C=N–C) groups is 1. The highest BCUT2D eigenvalue weighted by atomic mass is 19.1. The fraction of sp³-hybridized carbons (Fsp3) is 0.125. The Morgan fingerprint density at radius 1 is 1.03 bits per heavy atom. The third-order valence-corrected chi connectivity index (χ3v) is 4.78. The number of rotatable bonds is 6. The number of aromatic nitrogens is 1. The summed E-state index contributed by atoms with van der Waals surface area (Å²) in [5.74, 6) is -0.392. The van der Waals surface area contributed by atoms with Crippen molar-refractivity contribution in [3.8, 4) is 5.88 Å². The van der Waals surface area contributed by atoms with E-state index in [1.807, 2.05) is 54.6 Å². The van der Waals surface area contributed by atoms with E-state index in [0.717, 1.165) is 29.7 Å². The Bertz CT molecular complexity index is 1150. The molecule has 0 saturated carbocycles. The van der Waals surface area contributed by atoms with Crippen molar-refractivity contribution in [3.63, 3.8) is 0 Å². The monoisotopic (exact) mass is 387 g/mol. The smallest absolute Gasteiger partial charge is 0.199 e. The fourth-order valence-corrected chi connectivity index (χ4v) is 3.34. The van der Waals surface area contributed by atoms with Crippen LogP contribution in [-0.4, -0.2) is 22.3 Å². The molecule has 3 aromatic carbocycles. The summed E-state index contributed by atoms with van der Waals surface area (Å²) in [7, 11) is 0. The molecule has 0 radical (unpaired) electrons. The van der Waals surface area contributed by atoms with Gasteiger partial charge in [-0.15, -0.1) is 0 Å². The number of hydrogen-bond acceptors (Lipinski definition) is 3. The Kier molecular flexibility index (Phi) is 5.40. The van der Waals surface area contributed by atoms with Crippen LogP contribution in [0.5, 0.6) is 5.88 Å². The van der Waals surface area contributed by atoms with Crippen LogP contribution >= 0.6 is 0 Å². The molecule has 0 unspecified atom stereocenters. The number of fused-ring (bicyclic) bond motifs is 1. The first-order valence-corrected chi connectivity index (χ1v) is 9.60. The van der Waals surface area contributed by atoms with Gasteiger partial charge in [-0.25, -0.2) is 9.38 Å². The van der Waals surface area contributed by atoms with Gasteiger partial charge in [-0.1, -0.05) is 49.4 Å². The summed E-state index contributed by atoms with van der Waals surface area (Å²) in [6.45, 7) is 3.80. The lowest BCUT2D eigenvalue weighted by molar-refractivity contribution is 0.457. The minimum atomic E-state index is -0.361. The van der Waals surface area contributed by atoms with E-state index >= 15 is 0 Å². The van der Waals surface area contributed by atoms with Crippen LogP contribution in [0.1, 0.15) is 23.6 Å². The first kappa shape index (κ1) is 18.9. The van der Waals surface area contributed by atoms with E-state index < -0.39 is 0 Å². The fourth-order valence-electron chi connectivity index (χ4n) is 3.34. The molecule has 0 saturated heterocycles. The van der Waals surface area contributed by atoms with Crippen molar-refractivity contribution in [1.82, 2.24) is 10.3 Å². The normalized spacial score (nSPS) is 11.9. The van der Waals surface area contributed by atoms with E-state index in [2.05, 4.69) is 17.2 Å². The van der Waals surface area contributed by atoms with Crippen LogP contribution in [0.3, 0.4) is 0 Å². The SMILES string of the molecule is CCNCc1ccc(N=C(c2ccccc2)c2c(O)[nH]c3cc(F)ccc23)cc1. The van der Waals surface area contributed by atoms with Crippen molar-refractivity contribution in [2.45, 2.75) is 13.5 Å². The van der Waals surface area contributed by atoms with Crippen LogP contribution in [0.15, 0.2) is 77.8 Å². The topological polar surface area (TPSA) is 60.4 Å². The molecule has 4 nitrogen and oxygen atoms in total. The lowest BCUT2D eigenvalue weighted by Crippen LogP contribution is -2.11. The quantitative estimate of drug-likeness (QED) is 0.394. The Hall–Kier alpha value is -3.44. The lowest BCUT2D eigenvalue weighted by atomic mass is 10.0. The van der Waals surface area contributed by atoms with Crippen LogP contribution in [0.25, 0.3) is 10.9 Å². The van der Waals surface area contributed by atoms with Crippen molar-refractivity contribution < 1.29 is 9.50 Å². The molecular formula is C24H22FN3O. The second kappa shape index (κ2) is 8.29. The van der Waals surface area contributed by atoms with Crippen molar-refractivity contribution in [2.75, 3.05) is 6.54 Å². The van der Waals surface area contributed by atoms with E-state index in [9.17, 15) is 9.50 Å². The van der Waals surface area contributed by atoms with E-state index in [1.54, 1.807) is 6.07 Å². The van der Waals surface area contributed by atoms with Gasteiger partial charge in [0.15, 0.2) is 5.88 Å². The van der Waals surface area contributed by atoms with Gasteiger partial charge in [0.2, 0.25) is 0 Å². The molecule has 1 heterocycles. The van der Waals surface area contributed by atoms with E-state index in [-0.39, 0.29) is 11.7 Å². The molecule has 0 amide bonds. The maximum atomic E-state index is 13.6. The average Bonchev–Trinajstić information content (AvgIpc) is 3.06. The predicted octanol–water partition coefficient (Wildman–Crippen LogP) is 5.29. The minimum Gasteiger partial charge on any atom is -0.494 e. The van der Waals surface area contributed by atoms with Gasteiger partial charge in [0.25, 0.3) is 0 Å². The highest BCUT2D eigenvalue weighted by molar-refractivity contribution is 6.21. The predicted molar refractivity (Wildman–Crippen MR) is 115 cm³/mol. The molecule has 4 rings (SSSR count). The molecule has 0 atom stereocenters.